The van der Waals surface area contributed by atoms with Crippen molar-refractivity contribution in [3.05, 3.63) is 34.4 Å². The highest BCUT2D eigenvalue weighted by atomic mass is 32.1. The van der Waals surface area contributed by atoms with E-state index < -0.39 is 0 Å². The average molecular weight is 261 g/mol. The van der Waals surface area contributed by atoms with Gasteiger partial charge in [0.25, 0.3) is 0 Å². The van der Waals surface area contributed by atoms with Crippen molar-refractivity contribution in [3.63, 3.8) is 0 Å². The van der Waals surface area contributed by atoms with E-state index in [9.17, 15) is 0 Å². The number of aromatic amines is 1. The van der Waals surface area contributed by atoms with E-state index in [0.29, 0.717) is 10.7 Å². The molecule has 1 aliphatic carbocycles. The number of aromatic nitrogens is 3. The summed E-state index contributed by atoms with van der Waals surface area (Å²) in [7, 11) is 1.67. The lowest BCUT2D eigenvalue weighted by atomic mass is 10.2. The van der Waals surface area contributed by atoms with Crippen LogP contribution in [0.3, 0.4) is 0 Å². The first-order valence-electron chi connectivity index (χ1n) is 6.03. The van der Waals surface area contributed by atoms with Crippen LogP contribution in [-0.4, -0.2) is 21.9 Å². The molecule has 0 atom stereocenters. The van der Waals surface area contributed by atoms with Crippen molar-refractivity contribution in [3.8, 4) is 11.4 Å². The third-order valence-corrected chi connectivity index (χ3v) is 3.56. The molecule has 0 spiro atoms. The Bertz CT molecular complexity index is 640. The first kappa shape index (κ1) is 11.5. The summed E-state index contributed by atoms with van der Waals surface area (Å²) in [5.74, 6) is 2.46. The fraction of sp³-hybridized carbons (Fsp3) is 0.385. The number of benzene rings is 1. The average Bonchev–Trinajstić information content (AvgIpc) is 3.14. The molecule has 1 fully saturated rings. The number of H-pyrrole nitrogens is 1. The number of aryl methyl sites for hydroxylation is 1. The first-order chi connectivity index (χ1) is 8.70. The number of hydrogen-bond acceptors (Lipinski definition) is 3. The Morgan fingerprint density at radius 3 is 2.83 bits per heavy atom. The number of rotatable bonds is 3. The van der Waals surface area contributed by atoms with E-state index in [1.54, 1.807) is 7.11 Å². The quantitative estimate of drug-likeness (QED) is 0.863. The summed E-state index contributed by atoms with van der Waals surface area (Å²) in [5.41, 5.74) is 2.21. The van der Waals surface area contributed by atoms with E-state index >= 15 is 0 Å². The second kappa shape index (κ2) is 4.24. The van der Waals surface area contributed by atoms with Gasteiger partial charge in [-0.3, -0.25) is 9.67 Å². The fourth-order valence-corrected chi connectivity index (χ4v) is 2.40. The van der Waals surface area contributed by atoms with Crippen molar-refractivity contribution in [1.29, 1.82) is 0 Å². The van der Waals surface area contributed by atoms with Gasteiger partial charge in [0.2, 0.25) is 0 Å². The topological polar surface area (TPSA) is 42.8 Å². The van der Waals surface area contributed by atoms with Gasteiger partial charge in [-0.25, -0.2) is 0 Å². The Hall–Kier alpha value is -1.62. The molecule has 0 aliphatic heterocycles. The van der Waals surface area contributed by atoms with Crippen LogP contribution in [0, 0.1) is 11.7 Å². The molecular weight excluding hydrogens is 246 g/mol. The molecule has 1 N–H and O–H groups in total. The number of nitrogens with one attached hydrogen (secondary N) is 1. The van der Waals surface area contributed by atoms with Crippen molar-refractivity contribution in [2.75, 3.05) is 7.11 Å². The second-order valence-corrected chi connectivity index (χ2v) is 5.04. The number of hydrogen-bond donors (Lipinski definition) is 1. The predicted molar refractivity (Wildman–Crippen MR) is 72.0 cm³/mol. The van der Waals surface area contributed by atoms with Crippen LogP contribution in [-0.2, 0) is 0 Å². The number of ether oxygens (including phenoxy) is 1. The van der Waals surface area contributed by atoms with Gasteiger partial charge in [0, 0.05) is 5.92 Å². The molecule has 5 heteroatoms. The zero-order valence-electron chi connectivity index (χ0n) is 10.4. The Labute approximate surface area is 111 Å². The molecule has 1 aromatic carbocycles. The summed E-state index contributed by atoms with van der Waals surface area (Å²) in [6.45, 7) is 2.06. The normalized spacial score (nSPS) is 14.8. The van der Waals surface area contributed by atoms with E-state index in [1.807, 2.05) is 22.8 Å². The van der Waals surface area contributed by atoms with Crippen LogP contribution in [0.2, 0.25) is 0 Å². The lowest BCUT2D eigenvalue weighted by Crippen LogP contribution is -2.02. The minimum absolute atomic E-state index is 0.555. The summed E-state index contributed by atoms with van der Waals surface area (Å²) < 4.78 is 7.93. The van der Waals surface area contributed by atoms with Gasteiger partial charge in [-0.15, -0.1) is 0 Å². The van der Waals surface area contributed by atoms with Crippen molar-refractivity contribution in [2.45, 2.75) is 25.7 Å². The summed E-state index contributed by atoms with van der Waals surface area (Å²) in [4.78, 5) is 0. The lowest BCUT2D eigenvalue weighted by molar-refractivity contribution is 0.414. The number of methoxy groups -OCH3 is 1. The van der Waals surface area contributed by atoms with Crippen LogP contribution >= 0.6 is 12.2 Å². The van der Waals surface area contributed by atoms with Gasteiger partial charge in [0.1, 0.15) is 11.6 Å². The van der Waals surface area contributed by atoms with Crippen molar-refractivity contribution >= 4 is 12.2 Å². The highest BCUT2D eigenvalue weighted by molar-refractivity contribution is 7.71. The lowest BCUT2D eigenvalue weighted by Gasteiger charge is -2.10. The Morgan fingerprint density at radius 1 is 1.44 bits per heavy atom. The van der Waals surface area contributed by atoms with Crippen LogP contribution < -0.4 is 4.74 Å². The largest absolute Gasteiger partial charge is 0.497 e. The van der Waals surface area contributed by atoms with E-state index in [4.69, 9.17) is 17.0 Å². The molecular formula is C13H15N3OS. The molecule has 0 amide bonds. The molecule has 1 aromatic heterocycles. The van der Waals surface area contributed by atoms with E-state index in [0.717, 1.165) is 22.8 Å². The molecule has 0 bridgehead atoms. The third kappa shape index (κ3) is 1.84. The van der Waals surface area contributed by atoms with Gasteiger partial charge in [-0.2, -0.15) is 5.10 Å². The van der Waals surface area contributed by atoms with Gasteiger partial charge in [0.15, 0.2) is 4.77 Å². The van der Waals surface area contributed by atoms with Crippen LogP contribution in [0.4, 0.5) is 0 Å². The van der Waals surface area contributed by atoms with Gasteiger partial charge >= 0.3 is 0 Å². The van der Waals surface area contributed by atoms with Crippen molar-refractivity contribution in [1.82, 2.24) is 14.8 Å². The minimum Gasteiger partial charge on any atom is -0.497 e. The van der Waals surface area contributed by atoms with Crippen molar-refractivity contribution < 1.29 is 4.74 Å². The molecule has 94 valence electrons. The van der Waals surface area contributed by atoms with E-state index in [2.05, 4.69) is 17.1 Å². The zero-order chi connectivity index (χ0) is 12.7. The molecule has 1 aliphatic rings. The summed E-state index contributed by atoms with van der Waals surface area (Å²) in [5, 5.41) is 7.25. The smallest absolute Gasteiger partial charge is 0.199 e. The molecule has 4 nitrogen and oxygen atoms in total. The van der Waals surface area contributed by atoms with Crippen LogP contribution in [0.15, 0.2) is 18.2 Å². The molecule has 3 rings (SSSR count). The van der Waals surface area contributed by atoms with Crippen LogP contribution in [0.5, 0.6) is 5.75 Å². The SMILES string of the molecule is COc1ccc(-n2c(C3CC3)n[nH]c2=S)c(C)c1. The van der Waals surface area contributed by atoms with Gasteiger partial charge in [-0.1, -0.05) is 0 Å². The highest BCUT2D eigenvalue weighted by Gasteiger charge is 2.29. The third-order valence-electron chi connectivity index (χ3n) is 3.29. The fourth-order valence-electron chi connectivity index (χ4n) is 2.16. The van der Waals surface area contributed by atoms with E-state index in [-0.39, 0.29) is 0 Å². The predicted octanol–water partition coefficient (Wildman–Crippen LogP) is 3.12. The second-order valence-electron chi connectivity index (χ2n) is 4.65. The number of nitrogens with zero attached hydrogens (tertiary/aromatic N) is 2. The van der Waals surface area contributed by atoms with Gasteiger partial charge in [0.05, 0.1) is 12.8 Å². The molecule has 1 heterocycles. The summed E-state index contributed by atoms with van der Waals surface area (Å²) in [6.07, 6.45) is 2.41. The van der Waals surface area contributed by atoms with Gasteiger partial charge in [-0.05, 0) is 55.7 Å². The molecule has 0 unspecified atom stereocenters. The Kier molecular flexibility index (Phi) is 2.70. The van der Waals surface area contributed by atoms with Crippen LogP contribution in [0.25, 0.3) is 5.69 Å². The minimum atomic E-state index is 0.555. The van der Waals surface area contributed by atoms with Crippen LogP contribution in [0.1, 0.15) is 30.1 Å². The maximum absolute atomic E-state index is 5.34. The van der Waals surface area contributed by atoms with E-state index in [1.165, 1.54) is 12.8 Å². The highest BCUT2D eigenvalue weighted by Crippen LogP contribution is 2.40. The monoisotopic (exact) mass is 261 g/mol. The standard InChI is InChI=1S/C13H15N3OS/c1-8-7-10(17-2)5-6-11(8)16-12(9-3-4-9)14-15-13(16)18/h5-7,9H,3-4H2,1-2H3,(H,15,18). The Morgan fingerprint density at radius 2 is 2.22 bits per heavy atom. The summed E-state index contributed by atoms with van der Waals surface area (Å²) in [6, 6.07) is 6.00. The first-order valence-corrected chi connectivity index (χ1v) is 6.44. The Balaban J connectivity index is 2.14. The zero-order valence-corrected chi connectivity index (χ0v) is 11.3. The summed E-state index contributed by atoms with van der Waals surface area (Å²) >= 11 is 5.34. The maximum Gasteiger partial charge on any atom is 0.199 e. The molecule has 1 saturated carbocycles. The van der Waals surface area contributed by atoms with Crippen molar-refractivity contribution in [2.24, 2.45) is 0 Å². The molecule has 0 radical (unpaired) electrons. The maximum atomic E-state index is 5.34. The molecule has 2 aromatic rings. The molecule has 18 heavy (non-hydrogen) atoms. The van der Waals surface area contributed by atoms with Gasteiger partial charge < -0.3 is 4.74 Å². The molecule has 0 saturated heterocycles.